The lowest BCUT2D eigenvalue weighted by Gasteiger charge is -2.37. The molecule has 10 rings (SSSR count). The van der Waals surface area contributed by atoms with Crippen LogP contribution in [-0.4, -0.2) is 72.3 Å². The number of carbonyl (C=O) groups excluding carboxylic acids is 1. The van der Waals surface area contributed by atoms with Crippen molar-refractivity contribution in [1.82, 2.24) is 9.80 Å². The van der Waals surface area contributed by atoms with E-state index in [1.165, 1.54) is 78.3 Å². The minimum atomic E-state index is -0.679. The SMILES string of the molecule is COC(=O)C1CN(Cc2ccc3cc(OC4C[C@@H]5C[C@@H]5C4)ccc3c2)C1.O=C(O)C1CN(Cc2ccc3cc(OC4C[C@@H]5C[C@@H]5C4)ccc3c2)C1. The van der Waals surface area contributed by atoms with Crippen LogP contribution in [0.4, 0.5) is 0 Å². The fourth-order valence-corrected chi connectivity index (χ4v) is 9.17. The Bertz CT molecular complexity index is 1930. The zero-order valence-electron chi connectivity index (χ0n) is 29.4. The van der Waals surface area contributed by atoms with Gasteiger partial charge in [0.1, 0.15) is 11.5 Å². The van der Waals surface area contributed by atoms with Crippen LogP contribution in [0, 0.1) is 35.5 Å². The van der Waals surface area contributed by atoms with E-state index in [0.29, 0.717) is 25.3 Å². The molecule has 4 aliphatic carbocycles. The van der Waals surface area contributed by atoms with Gasteiger partial charge in [-0.3, -0.25) is 19.4 Å². The Kier molecular flexibility index (Phi) is 8.63. The van der Waals surface area contributed by atoms with Crippen molar-refractivity contribution in [2.45, 2.75) is 63.8 Å². The number of hydrogen-bond acceptors (Lipinski definition) is 7. The summed E-state index contributed by atoms with van der Waals surface area (Å²) < 4.78 is 17.2. The van der Waals surface area contributed by atoms with Crippen molar-refractivity contribution in [2.24, 2.45) is 35.5 Å². The van der Waals surface area contributed by atoms with Crippen molar-refractivity contribution >= 4 is 33.5 Å². The lowest BCUT2D eigenvalue weighted by molar-refractivity contribution is -0.151. The van der Waals surface area contributed by atoms with Gasteiger partial charge in [-0.05, 0) is 131 Å². The molecule has 2 unspecified atom stereocenters. The summed E-state index contributed by atoms with van der Waals surface area (Å²) in [5.41, 5.74) is 2.52. The van der Waals surface area contributed by atoms with Gasteiger partial charge in [0.15, 0.2) is 0 Å². The van der Waals surface area contributed by atoms with Crippen molar-refractivity contribution in [1.29, 1.82) is 0 Å². The third kappa shape index (κ3) is 7.31. The van der Waals surface area contributed by atoms with Gasteiger partial charge in [0.2, 0.25) is 0 Å². The maximum absolute atomic E-state index is 11.5. The predicted molar refractivity (Wildman–Crippen MR) is 196 cm³/mol. The van der Waals surface area contributed by atoms with E-state index in [4.69, 9.17) is 19.3 Å². The summed E-state index contributed by atoms with van der Waals surface area (Å²) in [6.45, 7) is 4.60. The molecule has 0 aromatic heterocycles. The number of esters is 1. The highest BCUT2D eigenvalue weighted by molar-refractivity contribution is 5.85. The molecule has 4 aromatic carbocycles. The summed E-state index contributed by atoms with van der Waals surface area (Å²) in [7, 11) is 1.46. The Morgan fingerprint density at radius 3 is 1.43 bits per heavy atom. The highest BCUT2D eigenvalue weighted by Crippen LogP contribution is 2.53. The molecule has 8 nitrogen and oxygen atoms in total. The third-order valence-corrected chi connectivity index (χ3v) is 12.4. The second kappa shape index (κ2) is 13.4. The van der Waals surface area contributed by atoms with Crippen LogP contribution in [0.25, 0.3) is 21.5 Å². The maximum atomic E-state index is 11.5. The molecule has 2 aliphatic heterocycles. The number of rotatable bonds is 10. The van der Waals surface area contributed by atoms with Crippen LogP contribution in [0.2, 0.25) is 0 Å². The first-order valence-corrected chi connectivity index (χ1v) is 19.0. The molecule has 2 heterocycles. The van der Waals surface area contributed by atoms with Gasteiger partial charge in [0.25, 0.3) is 0 Å². The normalized spacial score (nSPS) is 28.2. The first-order valence-electron chi connectivity index (χ1n) is 19.0. The molecule has 6 fully saturated rings. The predicted octanol–water partition coefficient (Wildman–Crippen LogP) is 7.16. The highest BCUT2D eigenvalue weighted by Gasteiger charge is 2.47. The van der Waals surface area contributed by atoms with E-state index in [-0.39, 0.29) is 17.8 Å². The van der Waals surface area contributed by atoms with E-state index in [1.807, 2.05) is 0 Å². The van der Waals surface area contributed by atoms with Gasteiger partial charge < -0.3 is 19.3 Å². The average Bonchev–Trinajstić information content (AvgIpc) is 3.93. The molecule has 6 atom stereocenters. The van der Waals surface area contributed by atoms with Crippen molar-refractivity contribution in [3.8, 4) is 11.5 Å². The fraction of sp³-hybridized carbons (Fsp3) is 0.488. The summed E-state index contributed by atoms with van der Waals surface area (Å²) >= 11 is 0. The first kappa shape index (κ1) is 32.7. The van der Waals surface area contributed by atoms with Gasteiger partial charge in [-0.25, -0.2) is 0 Å². The summed E-state index contributed by atoms with van der Waals surface area (Å²) in [5.74, 6) is 4.84. The van der Waals surface area contributed by atoms with E-state index in [9.17, 15) is 9.59 Å². The second-order valence-corrected chi connectivity index (χ2v) is 16.3. The van der Waals surface area contributed by atoms with E-state index < -0.39 is 5.97 Å². The van der Waals surface area contributed by atoms with Crippen LogP contribution in [0.3, 0.4) is 0 Å². The molecule has 0 bridgehead atoms. The van der Waals surface area contributed by atoms with Crippen LogP contribution in [0.15, 0.2) is 72.8 Å². The molecule has 8 heteroatoms. The third-order valence-electron chi connectivity index (χ3n) is 12.4. The van der Waals surface area contributed by atoms with Gasteiger partial charge in [0.05, 0.1) is 31.2 Å². The molecular weight excluding hydrogens is 640 g/mol. The molecule has 2 saturated heterocycles. The number of ether oxygens (including phenoxy) is 3. The smallest absolute Gasteiger partial charge is 0.311 e. The molecule has 0 amide bonds. The highest BCUT2D eigenvalue weighted by atomic mass is 16.5. The zero-order chi connectivity index (χ0) is 34.6. The lowest BCUT2D eigenvalue weighted by Crippen LogP contribution is -2.49. The molecule has 0 radical (unpaired) electrons. The van der Waals surface area contributed by atoms with Crippen LogP contribution < -0.4 is 9.47 Å². The summed E-state index contributed by atoms with van der Waals surface area (Å²) in [6, 6.07) is 25.9. The van der Waals surface area contributed by atoms with E-state index >= 15 is 0 Å². The Labute approximate surface area is 299 Å². The van der Waals surface area contributed by atoms with Crippen molar-refractivity contribution in [3.05, 3.63) is 83.9 Å². The number of hydrogen-bond donors (Lipinski definition) is 1. The summed E-state index contributed by atoms with van der Waals surface area (Å²) in [4.78, 5) is 26.8. The van der Waals surface area contributed by atoms with Crippen LogP contribution >= 0.6 is 0 Å². The number of fused-ring (bicyclic) bond motifs is 4. The summed E-state index contributed by atoms with van der Waals surface area (Å²) in [6.07, 6.45) is 8.62. The van der Waals surface area contributed by atoms with E-state index in [1.54, 1.807) is 0 Å². The molecule has 6 aliphatic rings. The summed E-state index contributed by atoms with van der Waals surface area (Å²) in [5, 5.41) is 13.9. The Morgan fingerprint density at radius 2 is 1.00 bits per heavy atom. The van der Waals surface area contributed by atoms with Crippen LogP contribution in [-0.2, 0) is 27.4 Å². The molecule has 4 saturated carbocycles. The van der Waals surface area contributed by atoms with Gasteiger partial charge in [0, 0.05) is 39.3 Å². The topological polar surface area (TPSA) is 88.5 Å². The number of nitrogens with zero attached hydrogens (tertiary/aromatic N) is 2. The largest absolute Gasteiger partial charge is 0.490 e. The molecule has 0 spiro atoms. The minimum Gasteiger partial charge on any atom is -0.490 e. The Morgan fingerprint density at radius 1 is 0.588 bits per heavy atom. The van der Waals surface area contributed by atoms with Gasteiger partial charge in [-0.15, -0.1) is 0 Å². The van der Waals surface area contributed by atoms with E-state index in [2.05, 4.69) is 82.6 Å². The second-order valence-electron chi connectivity index (χ2n) is 16.3. The fourth-order valence-electron chi connectivity index (χ4n) is 9.17. The number of carboxylic acid groups (broad SMARTS) is 1. The number of likely N-dealkylation sites (tertiary alicyclic amines) is 2. The molecular formula is C43H48N2O6. The van der Waals surface area contributed by atoms with Gasteiger partial charge in [-0.2, -0.15) is 0 Å². The van der Waals surface area contributed by atoms with Crippen LogP contribution in [0.1, 0.15) is 49.7 Å². The molecule has 51 heavy (non-hydrogen) atoms. The number of carboxylic acids is 1. The average molecular weight is 689 g/mol. The van der Waals surface area contributed by atoms with Gasteiger partial charge >= 0.3 is 11.9 Å². The number of benzene rings is 4. The standard InChI is InChI=1S/C22H25NO3.C21H23NO3/c1-25-22(24)19-12-23(13-19)11-14-2-3-16-8-20(5-4-15(16)6-14)26-21-9-17-7-18(17)10-21;23-21(24)18-11-22(12-18)10-13-1-2-15-7-19(4-3-14(15)5-13)25-20-8-16-6-17(16)9-20/h2-6,8,17-19,21H,7,9-13H2,1H3;1-5,7,16-18,20H,6,8-12H2,(H,23,24)/t17-,18+,21?;16-,17+,20?. The molecule has 266 valence electrons. The quantitative estimate of drug-likeness (QED) is 0.176. The monoisotopic (exact) mass is 688 g/mol. The van der Waals surface area contributed by atoms with E-state index in [0.717, 1.165) is 61.3 Å². The maximum Gasteiger partial charge on any atom is 0.311 e. The lowest BCUT2D eigenvalue weighted by atomic mass is 9.99. The van der Waals surface area contributed by atoms with Gasteiger partial charge in [-0.1, -0.05) is 36.4 Å². The Balaban J connectivity index is 0.000000137. The minimum absolute atomic E-state index is 0.0433. The first-order chi connectivity index (χ1) is 24.8. The number of aliphatic carboxylic acids is 1. The molecule has 4 aromatic rings. The zero-order valence-corrected chi connectivity index (χ0v) is 29.4. The van der Waals surface area contributed by atoms with Crippen LogP contribution in [0.5, 0.6) is 11.5 Å². The van der Waals surface area contributed by atoms with Crippen molar-refractivity contribution < 1.29 is 28.9 Å². The Hall–Kier alpha value is -4.14. The number of carbonyl (C=O) groups is 2. The number of methoxy groups -OCH3 is 1. The van der Waals surface area contributed by atoms with Crippen molar-refractivity contribution in [3.63, 3.8) is 0 Å². The van der Waals surface area contributed by atoms with Crippen molar-refractivity contribution in [2.75, 3.05) is 33.3 Å². The molecule has 1 N–H and O–H groups in total.